The molecule has 0 unspecified atom stereocenters. The Hall–Kier alpha value is -3.60. The van der Waals surface area contributed by atoms with E-state index in [1.165, 1.54) is 0 Å². The van der Waals surface area contributed by atoms with Crippen LogP contribution in [0.4, 0.5) is 0 Å². The second-order valence-electron chi connectivity index (χ2n) is 5.86. The number of isothiocyanates is 1. The molecule has 0 saturated carbocycles. The van der Waals surface area contributed by atoms with Crippen LogP contribution in [-0.2, 0) is 0 Å². The standard InChI is InChI=1S/C20H12N4.CHNS/c1-2-14-10-16-5-6-18(23-16)12-20-8-7-19(24-20)11-17-4-3-15(22-17)9-13(1)21-14;2-1-3/h1-12H;2H. The topological polar surface area (TPSA) is 73.3 Å². The molecule has 0 fully saturated rings. The third kappa shape index (κ3) is 3.98. The summed E-state index contributed by atoms with van der Waals surface area (Å²) >= 11 is 3.81. The van der Waals surface area contributed by atoms with Crippen LogP contribution >= 0.6 is 12.2 Å². The third-order valence-electron chi connectivity index (χ3n) is 3.92. The van der Waals surface area contributed by atoms with E-state index in [-0.39, 0.29) is 0 Å². The molecule has 5 rings (SSSR count). The first-order valence-electron chi connectivity index (χ1n) is 8.20. The summed E-state index contributed by atoms with van der Waals surface area (Å²) in [5.74, 6) is 0. The first kappa shape index (κ1) is 16.8. The van der Waals surface area contributed by atoms with Crippen LogP contribution in [-0.4, -0.2) is 28.0 Å². The lowest BCUT2D eigenvalue weighted by molar-refractivity contribution is 1.41. The largest absolute Gasteiger partial charge is 0.249 e. The van der Waals surface area contributed by atoms with Crippen molar-refractivity contribution < 1.29 is 0 Å². The molecule has 6 heteroatoms. The fourth-order valence-electron chi connectivity index (χ4n) is 2.83. The molecular weight excluding hydrogens is 354 g/mol. The third-order valence-corrected chi connectivity index (χ3v) is 3.92. The zero-order valence-corrected chi connectivity index (χ0v) is 14.9. The van der Waals surface area contributed by atoms with Gasteiger partial charge >= 0.3 is 0 Å². The normalized spacial score (nSPS) is 20.4. The molecule has 27 heavy (non-hydrogen) atoms. The number of hydrogen-bond acceptors (Lipinski definition) is 6. The van der Waals surface area contributed by atoms with E-state index in [1.54, 1.807) is 5.16 Å². The number of nitrogens with zero attached hydrogens (tertiary/aromatic N) is 4. The Morgan fingerprint density at radius 1 is 0.519 bits per heavy atom. The lowest BCUT2D eigenvalue weighted by atomic mass is 10.2. The van der Waals surface area contributed by atoms with Crippen molar-refractivity contribution in [3.8, 4) is 0 Å². The maximum atomic E-state index is 5.77. The van der Waals surface area contributed by atoms with Crippen LogP contribution in [0.5, 0.6) is 0 Å². The quantitative estimate of drug-likeness (QED) is 0.504. The molecule has 0 atom stereocenters. The highest BCUT2D eigenvalue weighted by Gasteiger charge is 2.11. The van der Waals surface area contributed by atoms with Gasteiger partial charge < -0.3 is 0 Å². The number of thiocarbonyl (C=S) groups is 1. The molecule has 0 aliphatic carbocycles. The van der Waals surface area contributed by atoms with Gasteiger partial charge in [0, 0.05) is 0 Å². The second kappa shape index (κ2) is 7.33. The van der Waals surface area contributed by atoms with Gasteiger partial charge in [0.1, 0.15) is 0 Å². The summed E-state index contributed by atoms with van der Waals surface area (Å²) in [6, 6.07) is 0. The zero-order valence-electron chi connectivity index (χ0n) is 14.1. The van der Waals surface area contributed by atoms with Crippen molar-refractivity contribution >= 4 is 40.2 Å². The summed E-state index contributed by atoms with van der Waals surface area (Å²) in [7, 11) is 0. The van der Waals surface area contributed by atoms with Crippen LogP contribution in [0.25, 0.3) is 0 Å². The highest BCUT2D eigenvalue weighted by atomic mass is 32.1. The van der Waals surface area contributed by atoms with Crippen molar-refractivity contribution in [1.29, 1.82) is 5.41 Å². The second-order valence-corrected chi connectivity index (χ2v) is 6.06. The molecule has 1 N–H and O–H groups in total. The predicted octanol–water partition coefficient (Wildman–Crippen LogP) is 4.25. The van der Waals surface area contributed by atoms with Crippen LogP contribution in [0.15, 0.2) is 116 Å². The SMILES string of the molecule is C1=CC2=NC1=CC1=NC(=CC3=NC(=CC4=NC(=C2)C=C4)C=C3)C=C1.N=C=S. The molecule has 8 bridgehead atoms. The average Bonchev–Trinajstić information content (AvgIpc) is 3.41. The smallest absolute Gasteiger partial charge is 0.0659 e. The van der Waals surface area contributed by atoms with E-state index in [0.29, 0.717) is 0 Å². The molecule has 5 nitrogen and oxygen atoms in total. The molecular formula is C21H13N5S. The first-order valence-corrected chi connectivity index (χ1v) is 8.60. The van der Waals surface area contributed by atoms with Gasteiger partial charge in [0.25, 0.3) is 0 Å². The van der Waals surface area contributed by atoms with Crippen molar-refractivity contribution in [2.45, 2.75) is 0 Å². The van der Waals surface area contributed by atoms with E-state index in [4.69, 9.17) is 5.41 Å². The molecule has 0 aromatic rings. The monoisotopic (exact) mass is 367 g/mol. The van der Waals surface area contributed by atoms with Gasteiger partial charge in [0.2, 0.25) is 0 Å². The van der Waals surface area contributed by atoms with Crippen molar-refractivity contribution in [3.63, 3.8) is 0 Å². The molecule has 0 radical (unpaired) electrons. The summed E-state index contributed by atoms with van der Waals surface area (Å²) in [4.78, 5) is 18.4. The van der Waals surface area contributed by atoms with Gasteiger partial charge in [-0.05, 0) is 85.1 Å². The zero-order chi connectivity index (χ0) is 18.6. The maximum absolute atomic E-state index is 5.77. The summed E-state index contributed by atoms with van der Waals surface area (Å²) in [6.45, 7) is 0. The van der Waals surface area contributed by atoms with Crippen LogP contribution < -0.4 is 0 Å². The van der Waals surface area contributed by atoms with Crippen LogP contribution in [0.2, 0.25) is 0 Å². The Morgan fingerprint density at radius 2 is 0.741 bits per heavy atom. The fraction of sp³-hybridized carbons (Fsp3) is 0. The lowest BCUT2D eigenvalue weighted by Gasteiger charge is -1.94. The van der Waals surface area contributed by atoms with E-state index in [2.05, 4.69) is 32.2 Å². The van der Waals surface area contributed by atoms with Crippen LogP contribution in [0.1, 0.15) is 0 Å². The van der Waals surface area contributed by atoms with E-state index >= 15 is 0 Å². The molecule has 0 aromatic heterocycles. The Balaban J connectivity index is 0.000000565. The summed E-state index contributed by atoms with van der Waals surface area (Å²) in [5.41, 5.74) is 7.15. The molecule has 5 aliphatic heterocycles. The van der Waals surface area contributed by atoms with Crippen molar-refractivity contribution in [2.75, 3.05) is 0 Å². The number of fused-ring (bicyclic) bond motifs is 4. The molecule has 0 aromatic carbocycles. The molecule has 0 amide bonds. The fourth-order valence-corrected chi connectivity index (χ4v) is 2.83. The van der Waals surface area contributed by atoms with E-state index < -0.39 is 0 Å². The minimum atomic E-state index is 0.894. The maximum Gasteiger partial charge on any atom is 0.0659 e. The predicted molar refractivity (Wildman–Crippen MR) is 114 cm³/mol. The van der Waals surface area contributed by atoms with E-state index in [1.807, 2.05) is 72.9 Å². The van der Waals surface area contributed by atoms with Gasteiger partial charge in [-0.15, -0.1) is 0 Å². The number of hydrogen-bond donors (Lipinski definition) is 1. The Morgan fingerprint density at radius 3 is 0.963 bits per heavy atom. The van der Waals surface area contributed by atoms with Crippen molar-refractivity contribution in [3.05, 3.63) is 95.7 Å². The van der Waals surface area contributed by atoms with Crippen molar-refractivity contribution in [2.24, 2.45) is 20.0 Å². The van der Waals surface area contributed by atoms with Gasteiger partial charge in [0.05, 0.1) is 50.8 Å². The highest BCUT2D eigenvalue weighted by molar-refractivity contribution is 7.78. The number of nitrogens with one attached hydrogen (secondary N) is 1. The molecule has 5 aliphatic rings. The summed E-state index contributed by atoms with van der Waals surface area (Å²) < 4.78 is 0. The van der Waals surface area contributed by atoms with Crippen molar-refractivity contribution in [1.82, 2.24) is 0 Å². The Labute approximate surface area is 161 Å². The molecule has 0 spiro atoms. The van der Waals surface area contributed by atoms with E-state index in [0.717, 1.165) is 45.6 Å². The molecule has 0 saturated heterocycles. The van der Waals surface area contributed by atoms with Gasteiger partial charge in [0.15, 0.2) is 0 Å². The molecule has 128 valence electrons. The van der Waals surface area contributed by atoms with E-state index in [9.17, 15) is 0 Å². The Bertz CT molecular complexity index is 935. The van der Waals surface area contributed by atoms with Crippen LogP contribution in [0.3, 0.4) is 0 Å². The first-order chi connectivity index (χ1) is 13.2. The van der Waals surface area contributed by atoms with Gasteiger partial charge in [-0.25, -0.2) is 25.4 Å². The van der Waals surface area contributed by atoms with Gasteiger partial charge in [-0.2, -0.15) is 0 Å². The number of allylic oxidation sites excluding steroid dienone is 12. The lowest BCUT2D eigenvalue weighted by Crippen LogP contribution is -1.89. The minimum absolute atomic E-state index is 0.894. The van der Waals surface area contributed by atoms with Crippen LogP contribution in [0, 0.1) is 5.41 Å². The highest BCUT2D eigenvalue weighted by Crippen LogP contribution is 2.20. The average molecular weight is 367 g/mol. The number of aliphatic imine (C=N–C) groups is 4. The summed E-state index contributed by atoms with van der Waals surface area (Å²) in [6.07, 6.45) is 23.8. The Kier molecular flexibility index (Phi) is 4.58. The number of rotatable bonds is 0. The minimum Gasteiger partial charge on any atom is -0.249 e. The van der Waals surface area contributed by atoms with Gasteiger partial charge in [-0.3, -0.25) is 0 Å². The van der Waals surface area contributed by atoms with Gasteiger partial charge in [-0.1, -0.05) is 0 Å². The molecule has 5 heterocycles. The summed E-state index contributed by atoms with van der Waals surface area (Å²) in [5, 5.41) is 7.36.